The molecule has 2 heteroatoms. The summed E-state index contributed by atoms with van der Waals surface area (Å²) in [5.41, 5.74) is 11.0. The highest BCUT2D eigenvalue weighted by Crippen LogP contribution is 2.54. The summed E-state index contributed by atoms with van der Waals surface area (Å²) in [5.74, 6) is 0. The highest BCUT2D eigenvalue weighted by Gasteiger charge is 2.45. The number of hydrogen-bond acceptors (Lipinski definition) is 2. The summed E-state index contributed by atoms with van der Waals surface area (Å²) in [6.45, 7) is 0. The van der Waals surface area contributed by atoms with Gasteiger partial charge in [0.2, 0.25) is 0 Å². The van der Waals surface area contributed by atoms with Gasteiger partial charge in [0.05, 0.1) is 0 Å². The van der Waals surface area contributed by atoms with Gasteiger partial charge in [-0.25, -0.2) is 0 Å². The Hall–Kier alpha value is -5.54. The molecule has 0 atom stereocenters. The molecular weight excluding hydrogens is 560 g/mol. The van der Waals surface area contributed by atoms with Crippen LogP contribution >= 0.6 is 0 Å². The van der Waals surface area contributed by atoms with Gasteiger partial charge in [-0.05, 0) is 44.5 Å². The molecule has 0 aliphatic heterocycles. The van der Waals surface area contributed by atoms with E-state index in [0.717, 1.165) is 77.9 Å². The van der Waals surface area contributed by atoms with Crippen LogP contribution in [0.2, 0.25) is 0 Å². The van der Waals surface area contributed by atoms with Crippen molar-refractivity contribution in [1.82, 2.24) is 0 Å². The van der Waals surface area contributed by atoms with Crippen LogP contribution in [0.5, 0.6) is 0 Å². The minimum absolute atomic E-state index is 0.856. The molecule has 2 aliphatic carbocycles. The Kier molecular flexibility index (Phi) is 5.82. The van der Waals surface area contributed by atoms with Crippen molar-refractivity contribution in [3.63, 3.8) is 0 Å². The smallest absolute Gasteiger partial charge is 0.142 e. The Labute approximate surface area is 268 Å². The maximum atomic E-state index is 12.7. The van der Waals surface area contributed by atoms with Gasteiger partial charge in [0.15, 0.2) is 0 Å². The van der Waals surface area contributed by atoms with Crippen molar-refractivity contribution < 1.29 is 10.2 Å². The first-order chi connectivity index (χ1) is 22.6. The topological polar surface area (TPSA) is 40.5 Å². The van der Waals surface area contributed by atoms with Gasteiger partial charge in [-0.3, -0.25) is 0 Å². The van der Waals surface area contributed by atoms with Crippen LogP contribution in [-0.4, -0.2) is 10.2 Å². The molecule has 2 N–H and O–H groups in total. The standard InChI is InChI=1S/C44H30O2/c45-43(39-21-9-3-15-33(39)34-16-4-10-22-40(34)43)37-19-7-1-13-31(37)29-25-27-30(28-26-29)32-14-2-8-20-38(32)44(46)41-23-11-5-17-35(41)36-18-6-12-24-42(36)44/h1-28,45-46H. The van der Waals surface area contributed by atoms with Crippen molar-refractivity contribution >= 4 is 0 Å². The van der Waals surface area contributed by atoms with E-state index >= 15 is 0 Å². The Morgan fingerprint density at radius 3 is 0.696 bits per heavy atom. The lowest BCUT2D eigenvalue weighted by molar-refractivity contribution is 0.131. The lowest BCUT2D eigenvalue weighted by atomic mass is 9.79. The van der Waals surface area contributed by atoms with Gasteiger partial charge in [-0.2, -0.15) is 0 Å². The molecule has 9 rings (SSSR count). The van der Waals surface area contributed by atoms with Gasteiger partial charge in [-0.1, -0.05) is 170 Å². The van der Waals surface area contributed by atoms with Gasteiger partial charge in [0.1, 0.15) is 11.2 Å². The zero-order chi connectivity index (χ0) is 30.9. The first-order valence-corrected chi connectivity index (χ1v) is 15.7. The van der Waals surface area contributed by atoms with Crippen LogP contribution in [-0.2, 0) is 11.2 Å². The summed E-state index contributed by atoms with van der Waals surface area (Å²) in [6.07, 6.45) is 0. The van der Waals surface area contributed by atoms with Crippen LogP contribution in [0.25, 0.3) is 44.5 Å². The lowest BCUT2D eigenvalue weighted by Crippen LogP contribution is -2.27. The van der Waals surface area contributed by atoms with Crippen molar-refractivity contribution in [3.05, 3.63) is 203 Å². The van der Waals surface area contributed by atoms with E-state index in [1.165, 1.54) is 0 Å². The van der Waals surface area contributed by atoms with Crippen molar-refractivity contribution in [3.8, 4) is 44.5 Å². The lowest BCUT2D eigenvalue weighted by Gasteiger charge is -2.29. The van der Waals surface area contributed by atoms with Gasteiger partial charge in [0.25, 0.3) is 0 Å². The molecule has 0 amide bonds. The van der Waals surface area contributed by atoms with E-state index < -0.39 is 11.2 Å². The van der Waals surface area contributed by atoms with Crippen molar-refractivity contribution in [2.45, 2.75) is 11.2 Å². The molecule has 0 saturated heterocycles. The molecule has 2 nitrogen and oxygen atoms in total. The quantitative estimate of drug-likeness (QED) is 0.214. The largest absolute Gasteiger partial charge is 0.376 e. The third-order valence-corrected chi connectivity index (χ3v) is 9.99. The molecule has 0 aromatic heterocycles. The van der Waals surface area contributed by atoms with E-state index in [0.29, 0.717) is 0 Å². The fourth-order valence-electron chi connectivity index (χ4n) is 7.93. The molecule has 0 radical (unpaired) electrons. The normalized spacial score (nSPS) is 14.7. The van der Waals surface area contributed by atoms with Crippen LogP contribution in [0.1, 0.15) is 33.4 Å². The summed E-state index contributed by atoms with van der Waals surface area (Å²) >= 11 is 0. The molecule has 0 unspecified atom stereocenters. The van der Waals surface area contributed by atoms with Gasteiger partial charge < -0.3 is 10.2 Å². The summed E-state index contributed by atoms with van der Waals surface area (Å²) in [6, 6.07) is 57.5. The van der Waals surface area contributed by atoms with E-state index in [9.17, 15) is 10.2 Å². The van der Waals surface area contributed by atoms with E-state index in [4.69, 9.17) is 0 Å². The van der Waals surface area contributed by atoms with E-state index in [1.54, 1.807) is 0 Å². The van der Waals surface area contributed by atoms with Gasteiger partial charge in [-0.15, -0.1) is 0 Å². The van der Waals surface area contributed by atoms with Crippen molar-refractivity contribution in [2.24, 2.45) is 0 Å². The zero-order valence-electron chi connectivity index (χ0n) is 25.1. The van der Waals surface area contributed by atoms with Crippen LogP contribution in [0.4, 0.5) is 0 Å². The first kappa shape index (κ1) is 26.8. The minimum atomic E-state index is -1.28. The fraction of sp³-hybridized carbons (Fsp3) is 0.0455. The number of benzene rings is 7. The van der Waals surface area contributed by atoms with Crippen molar-refractivity contribution in [1.29, 1.82) is 0 Å². The molecule has 0 bridgehead atoms. The average molecular weight is 591 g/mol. The van der Waals surface area contributed by atoms with Crippen LogP contribution < -0.4 is 0 Å². The predicted molar refractivity (Wildman–Crippen MR) is 185 cm³/mol. The van der Waals surface area contributed by atoms with Crippen LogP contribution in [0.15, 0.2) is 170 Å². The molecule has 7 aromatic carbocycles. The second-order valence-electron chi connectivity index (χ2n) is 12.3. The predicted octanol–water partition coefficient (Wildman–Crippen LogP) is 9.55. The number of aliphatic hydroxyl groups is 2. The number of hydrogen-bond donors (Lipinski definition) is 2. The van der Waals surface area contributed by atoms with E-state index in [-0.39, 0.29) is 0 Å². The van der Waals surface area contributed by atoms with Gasteiger partial charge in [0, 0.05) is 33.4 Å². The molecule has 7 aromatic rings. The fourth-order valence-corrected chi connectivity index (χ4v) is 7.93. The van der Waals surface area contributed by atoms with Crippen LogP contribution in [0.3, 0.4) is 0 Å². The molecule has 2 aliphatic rings. The number of rotatable bonds is 4. The second-order valence-corrected chi connectivity index (χ2v) is 12.3. The second kappa shape index (κ2) is 9.98. The molecule has 0 spiro atoms. The Morgan fingerprint density at radius 2 is 0.435 bits per heavy atom. The molecule has 0 saturated carbocycles. The highest BCUT2D eigenvalue weighted by molar-refractivity contribution is 5.87. The molecule has 46 heavy (non-hydrogen) atoms. The Morgan fingerprint density at radius 1 is 0.239 bits per heavy atom. The van der Waals surface area contributed by atoms with E-state index in [2.05, 4.69) is 60.7 Å². The molecule has 0 heterocycles. The van der Waals surface area contributed by atoms with Gasteiger partial charge >= 0.3 is 0 Å². The van der Waals surface area contributed by atoms with E-state index in [1.807, 2.05) is 109 Å². The first-order valence-electron chi connectivity index (χ1n) is 15.7. The summed E-state index contributed by atoms with van der Waals surface area (Å²) in [5, 5.41) is 25.3. The van der Waals surface area contributed by atoms with Crippen LogP contribution in [0, 0.1) is 0 Å². The maximum Gasteiger partial charge on any atom is 0.142 e. The Bertz CT molecular complexity index is 2040. The highest BCUT2D eigenvalue weighted by atomic mass is 16.3. The minimum Gasteiger partial charge on any atom is -0.376 e. The monoisotopic (exact) mass is 590 g/mol. The SMILES string of the molecule is OC1(c2ccccc2-c2ccc(-c3ccccc3C3(O)c4ccccc4-c4ccccc43)cc2)c2ccccc2-c2ccccc21. The molecular formula is C44H30O2. The van der Waals surface area contributed by atoms with Crippen molar-refractivity contribution in [2.75, 3.05) is 0 Å². The average Bonchev–Trinajstić information content (AvgIpc) is 3.55. The number of fused-ring (bicyclic) bond motifs is 6. The third-order valence-electron chi connectivity index (χ3n) is 9.99. The molecule has 218 valence electrons. The summed E-state index contributed by atoms with van der Waals surface area (Å²) in [7, 11) is 0. The molecule has 0 fully saturated rings. The zero-order valence-corrected chi connectivity index (χ0v) is 25.1. The summed E-state index contributed by atoms with van der Waals surface area (Å²) < 4.78 is 0. The Balaban J connectivity index is 1.17. The maximum absolute atomic E-state index is 12.7. The third kappa shape index (κ3) is 3.60. The summed E-state index contributed by atoms with van der Waals surface area (Å²) in [4.78, 5) is 0.